The van der Waals surface area contributed by atoms with Crippen LogP contribution in [0.15, 0.2) is 24.3 Å². The first-order valence-corrected chi connectivity index (χ1v) is 8.04. The van der Waals surface area contributed by atoms with E-state index in [1.165, 1.54) is 12.1 Å². The zero-order valence-electron chi connectivity index (χ0n) is 13.6. The van der Waals surface area contributed by atoms with Gasteiger partial charge in [0.15, 0.2) is 0 Å². The average molecular weight is 342 g/mol. The van der Waals surface area contributed by atoms with Gasteiger partial charge in [0.05, 0.1) is 5.56 Å². The number of hydrogen-bond donors (Lipinski definition) is 0. The summed E-state index contributed by atoms with van der Waals surface area (Å²) >= 11 is 0. The fourth-order valence-electron chi connectivity index (χ4n) is 2.86. The third-order valence-electron chi connectivity index (χ3n) is 4.04. The van der Waals surface area contributed by atoms with Crippen molar-refractivity contribution in [1.82, 2.24) is 10.0 Å². The van der Waals surface area contributed by atoms with E-state index < -0.39 is 11.7 Å². The summed E-state index contributed by atoms with van der Waals surface area (Å²) in [4.78, 5) is 23.9. The van der Waals surface area contributed by atoms with Crippen LogP contribution in [0, 0.1) is 0 Å². The van der Waals surface area contributed by atoms with Gasteiger partial charge in [0.2, 0.25) is 5.91 Å². The van der Waals surface area contributed by atoms with Crippen molar-refractivity contribution in [2.24, 2.45) is 0 Å². The highest BCUT2D eigenvalue weighted by Gasteiger charge is 2.30. The monoisotopic (exact) mass is 342 g/mol. The number of hydrogen-bond acceptors (Lipinski definition) is 3. The first-order valence-electron chi connectivity index (χ1n) is 8.04. The van der Waals surface area contributed by atoms with Gasteiger partial charge in [0.25, 0.3) is 0 Å². The predicted octanol–water partition coefficient (Wildman–Crippen LogP) is 3.07. The molecule has 7 heteroatoms. The van der Waals surface area contributed by atoms with Gasteiger partial charge < -0.3 is 0 Å². The first-order chi connectivity index (χ1) is 11.3. The van der Waals surface area contributed by atoms with Crippen LogP contribution < -0.4 is 0 Å². The number of carbonyl (C=O) groups is 2. The fraction of sp³-hybridized carbons (Fsp3) is 0.529. The van der Waals surface area contributed by atoms with Crippen LogP contribution in [0.2, 0.25) is 0 Å². The molecule has 24 heavy (non-hydrogen) atoms. The molecule has 1 aromatic rings. The average Bonchev–Trinajstić information content (AvgIpc) is 2.52. The van der Waals surface area contributed by atoms with Gasteiger partial charge in [-0.3, -0.25) is 14.6 Å². The summed E-state index contributed by atoms with van der Waals surface area (Å²) in [6, 6.07) is 4.84. The molecule has 4 nitrogen and oxygen atoms in total. The third kappa shape index (κ3) is 4.80. The molecule has 132 valence electrons. The molecule has 0 unspecified atom stereocenters. The maximum absolute atomic E-state index is 12.7. The van der Waals surface area contributed by atoms with Crippen LogP contribution in [0.5, 0.6) is 0 Å². The smallest absolute Gasteiger partial charge is 0.299 e. The topological polar surface area (TPSA) is 40.6 Å². The summed E-state index contributed by atoms with van der Waals surface area (Å²) in [6.07, 6.45) is -2.95. The Kier molecular flexibility index (Phi) is 5.99. The number of alkyl halides is 3. The van der Waals surface area contributed by atoms with Crippen LogP contribution in [-0.2, 0) is 22.2 Å². The quantitative estimate of drug-likeness (QED) is 0.798. The molecule has 0 N–H and O–H groups in total. The lowest BCUT2D eigenvalue weighted by atomic mass is 10.0. The van der Waals surface area contributed by atoms with Gasteiger partial charge in [-0.25, -0.2) is 5.01 Å². The SMILES string of the molecule is CCN1C(=O)CCCN1CCC(=O)Cc1cccc(C(F)(F)F)c1. The summed E-state index contributed by atoms with van der Waals surface area (Å²) < 4.78 is 38.1. The first kappa shape index (κ1) is 18.4. The van der Waals surface area contributed by atoms with Crippen LogP contribution in [0.25, 0.3) is 0 Å². The van der Waals surface area contributed by atoms with Gasteiger partial charge in [0.1, 0.15) is 5.78 Å². The summed E-state index contributed by atoms with van der Waals surface area (Å²) in [6.45, 7) is 3.56. The molecule has 0 aliphatic carbocycles. The van der Waals surface area contributed by atoms with Crippen LogP contribution in [-0.4, -0.2) is 41.3 Å². The minimum Gasteiger partial charge on any atom is -0.299 e. The molecule has 1 aliphatic rings. The van der Waals surface area contributed by atoms with E-state index in [1.807, 2.05) is 11.9 Å². The number of nitrogens with zero attached hydrogens (tertiary/aromatic N) is 2. The molecular formula is C17H21F3N2O2. The predicted molar refractivity (Wildman–Crippen MR) is 83.0 cm³/mol. The highest BCUT2D eigenvalue weighted by Crippen LogP contribution is 2.29. The summed E-state index contributed by atoms with van der Waals surface area (Å²) in [5.74, 6) is -0.0857. The standard InChI is InChI=1S/C17H21F3N2O2/c1-2-22-16(24)7-4-9-21(22)10-8-15(23)12-13-5-3-6-14(11-13)17(18,19)20/h3,5-6,11H,2,4,7-10,12H2,1H3. The molecule has 2 rings (SSSR count). The normalized spacial score (nSPS) is 16.5. The summed E-state index contributed by atoms with van der Waals surface area (Å²) in [5, 5.41) is 3.50. The van der Waals surface area contributed by atoms with Crippen molar-refractivity contribution in [3.63, 3.8) is 0 Å². The van der Waals surface area contributed by atoms with Gasteiger partial charge in [-0.1, -0.05) is 18.2 Å². The molecule has 0 spiro atoms. The molecule has 1 heterocycles. The van der Waals surface area contributed by atoms with E-state index in [0.29, 0.717) is 25.1 Å². The highest BCUT2D eigenvalue weighted by atomic mass is 19.4. The van der Waals surface area contributed by atoms with Crippen molar-refractivity contribution in [3.8, 4) is 0 Å². The Morgan fingerprint density at radius 3 is 2.71 bits per heavy atom. The third-order valence-corrected chi connectivity index (χ3v) is 4.04. The summed E-state index contributed by atoms with van der Waals surface area (Å²) in [7, 11) is 0. The molecule has 0 atom stereocenters. The number of Topliss-reactive ketones (excluding diaryl/α,β-unsaturated/α-hetero) is 1. The van der Waals surface area contributed by atoms with E-state index in [1.54, 1.807) is 5.01 Å². The molecule has 1 aromatic carbocycles. The second kappa shape index (κ2) is 7.79. The molecular weight excluding hydrogens is 321 g/mol. The fourth-order valence-corrected chi connectivity index (χ4v) is 2.86. The van der Waals surface area contributed by atoms with E-state index >= 15 is 0 Å². The Bertz CT molecular complexity index is 602. The van der Waals surface area contributed by atoms with E-state index in [9.17, 15) is 22.8 Å². The Balaban J connectivity index is 1.90. The highest BCUT2D eigenvalue weighted by molar-refractivity contribution is 5.81. The number of rotatable bonds is 6. The van der Waals surface area contributed by atoms with Crippen LogP contribution in [0.4, 0.5) is 13.2 Å². The van der Waals surface area contributed by atoms with Crippen molar-refractivity contribution in [1.29, 1.82) is 0 Å². The van der Waals surface area contributed by atoms with Crippen LogP contribution >= 0.6 is 0 Å². The maximum atomic E-state index is 12.7. The van der Waals surface area contributed by atoms with Crippen LogP contribution in [0.3, 0.4) is 0 Å². The van der Waals surface area contributed by atoms with Gasteiger partial charge >= 0.3 is 6.18 Å². The van der Waals surface area contributed by atoms with E-state index in [-0.39, 0.29) is 24.5 Å². The lowest BCUT2D eigenvalue weighted by Gasteiger charge is -2.37. The molecule has 1 aliphatic heterocycles. The Hall–Kier alpha value is -1.89. The number of benzene rings is 1. The Morgan fingerprint density at radius 2 is 2.04 bits per heavy atom. The molecule has 1 fully saturated rings. The largest absolute Gasteiger partial charge is 0.416 e. The minimum atomic E-state index is -4.41. The van der Waals surface area contributed by atoms with Gasteiger partial charge in [-0.15, -0.1) is 0 Å². The van der Waals surface area contributed by atoms with E-state index in [0.717, 1.165) is 25.1 Å². The lowest BCUT2D eigenvalue weighted by Crippen LogP contribution is -2.50. The Labute approximate surface area is 139 Å². The van der Waals surface area contributed by atoms with Crippen molar-refractivity contribution in [2.45, 2.75) is 38.8 Å². The van der Waals surface area contributed by atoms with Gasteiger partial charge in [0, 0.05) is 38.9 Å². The van der Waals surface area contributed by atoms with E-state index in [4.69, 9.17) is 0 Å². The molecule has 1 amide bonds. The van der Waals surface area contributed by atoms with E-state index in [2.05, 4.69) is 0 Å². The van der Waals surface area contributed by atoms with Crippen molar-refractivity contribution >= 4 is 11.7 Å². The van der Waals surface area contributed by atoms with Gasteiger partial charge in [-0.05, 0) is 25.0 Å². The minimum absolute atomic E-state index is 0.0299. The molecule has 0 radical (unpaired) electrons. The zero-order chi connectivity index (χ0) is 17.7. The van der Waals surface area contributed by atoms with Crippen molar-refractivity contribution < 1.29 is 22.8 Å². The van der Waals surface area contributed by atoms with Crippen LogP contribution in [0.1, 0.15) is 37.3 Å². The molecule has 0 saturated carbocycles. The lowest BCUT2D eigenvalue weighted by molar-refractivity contribution is -0.155. The molecule has 0 aromatic heterocycles. The number of carbonyl (C=O) groups excluding carboxylic acids is 2. The molecule has 1 saturated heterocycles. The van der Waals surface area contributed by atoms with Crippen molar-refractivity contribution in [2.75, 3.05) is 19.6 Å². The van der Waals surface area contributed by atoms with Gasteiger partial charge in [-0.2, -0.15) is 13.2 Å². The zero-order valence-corrected chi connectivity index (χ0v) is 13.6. The number of ketones is 1. The Morgan fingerprint density at radius 1 is 1.29 bits per heavy atom. The summed E-state index contributed by atoms with van der Waals surface area (Å²) in [5.41, 5.74) is -0.386. The van der Waals surface area contributed by atoms with Crippen molar-refractivity contribution in [3.05, 3.63) is 35.4 Å². The second-order valence-electron chi connectivity index (χ2n) is 5.83. The molecule has 0 bridgehead atoms. The number of hydrazine groups is 1. The maximum Gasteiger partial charge on any atom is 0.416 e. The second-order valence-corrected chi connectivity index (χ2v) is 5.83. The number of amides is 1. The number of halogens is 3.